The number of carbonyl (C=O) groups is 1. The minimum atomic E-state index is -0.229. The smallest absolute Gasteiger partial charge is 0.330 e. The first-order valence-corrected chi connectivity index (χ1v) is 6.81. The Kier molecular flexibility index (Phi) is 5.16. The van der Waals surface area contributed by atoms with Crippen LogP contribution in [0.5, 0.6) is 0 Å². The van der Waals surface area contributed by atoms with Gasteiger partial charge in [-0.15, -0.1) is 0 Å². The van der Waals surface area contributed by atoms with E-state index >= 15 is 0 Å². The first kappa shape index (κ1) is 13.8. The molecule has 2 rings (SSSR count). The third-order valence-electron chi connectivity index (χ3n) is 3.58. The predicted molar refractivity (Wildman–Crippen MR) is 75.9 cm³/mol. The van der Waals surface area contributed by atoms with E-state index < -0.39 is 0 Å². The second-order valence-electron chi connectivity index (χ2n) is 4.90. The van der Waals surface area contributed by atoms with Crippen molar-refractivity contribution in [2.75, 3.05) is 26.7 Å². The Morgan fingerprint density at radius 1 is 1.26 bits per heavy atom. The molecule has 0 bridgehead atoms. The fraction of sp³-hybridized carbons (Fsp3) is 0.438. The van der Waals surface area contributed by atoms with Gasteiger partial charge in [-0.2, -0.15) is 0 Å². The molecule has 19 heavy (non-hydrogen) atoms. The van der Waals surface area contributed by atoms with Crippen molar-refractivity contribution in [3.63, 3.8) is 0 Å². The summed E-state index contributed by atoms with van der Waals surface area (Å²) in [5, 5.41) is 0. The summed E-state index contributed by atoms with van der Waals surface area (Å²) in [4.78, 5) is 13.6. The summed E-state index contributed by atoms with van der Waals surface area (Å²) in [5.41, 5.74) is 2.60. The van der Waals surface area contributed by atoms with Gasteiger partial charge in [-0.1, -0.05) is 35.9 Å². The molecular weight excluding hydrogens is 238 g/mol. The standard InChI is InChI=1S/C16H21NO2/c1-19-16(18)13-15-8-11-17(12-9-15)10-7-14-5-3-2-4-6-14/h2-6,13H,7-12H2,1H3. The van der Waals surface area contributed by atoms with Crippen molar-refractivity contribution < 1.29 is 9.53 Å². The van der Waals surface area contributed by atoms with Gasteiger partial charge in [-0.3, -0.25) is 0 Å². The van der Waals surface area contributed by atoms with Crippen LogP contribution in [0.3, 0.4) is 0 Å². The van der Waals surface area contributed by atoms with E-state index in [1.54, 1.807) is 6.08 Å². The Labute approximate surface area is 114 Å². The normalized spacial score (nSPS) is 16.2. The SMILES string of the molecule is COC(=O)C=C1CCN(CCc2ccccc2)CC1. The molecule has 0 aromatic heterocycles. The Bertz CT molecular complexity index is 429. The predicted octanol–water partition coefficient (Wildman–Crippen LogP) is 2.42. The van der Waals surface area contributed by atoms with Gasteiger partial charge in [-0.05, 0) is 24.8 Å². The van der Waals surface area contributed by atoms with E-state index in [-0.39, 0.29) is 5.97 Å². The Balaban J connectivity index is 1.75. The second kappa shape index (κ2) is 7.10. The lowest BCUT2D eigenvalue weighted by Crippen LogP contribution is -2.32. The zero-order valence-corrected chi connectivity index (χ0v) is 11.5. The number of ether oxygens (including phenoxy) is 1. The number of benzene rings is 1. The Hall–Kier alpha value is -1.61. The molecule has 1 aromatic rings. The van der Waals surface area contributed by atoms with E-state index in [1.165, 1.54) is 18.2 Å². The number of hydrogen-bond donors (Lipinski definition) is 0. The molecule has 0 radical (unpaired) electrons. The van der Waals surface area contributed by atoms with Crippen LogP contribution in [0.4, 0.5) is 0 Å². The molecule has 102 valence electrons. The monoisotopic (exact) mass is 259 g/mol. The summed E-state index contributed by atoms with van der Waals surface area (Å²) in [5.74, 6) is -0.229. The van der Waals surface area contributed by atoms with Crippen molar-refractivity contribution in [2.45, 2.75) is 19.3 Å². The van der Waals surface area contributed by atoms with Gasteiger partial charge >= 0.3 is 5.97 Å². The van der Waals surface area contributed by atoms with Crippen LogP contribution in [0.1, 0.15) is 18.4 Å². The highest BCUT2D eigenvalue weighted by Gasteiger charge is 2.14. The van der Waals surface area contributed by atoms with Gasteiger partial charge in [-0.25, -0.2) is 4.79 Å². The number of methoxy groups -OCH3 is 1. The molecule has 1 heterocycles. The zero-order valence-electron chi connectivity index (χ0n) is 11.5. The molecule has 1 aliphatic heterocycles. The molecule has 3 heteroatoms. The Morgan fingerprint density at radius 3 is 2.58 bits per heavy atom. The van der Waals surface area contributed by atoms with Gasteiger partial charge < -0.3 is 9.64 Å². The van der Waals surface area contributed by atoms with Crippen LogP contribution in [0.2, 0.25) is 0 Å². The topological polar surface area (TPSA) is 29.5 Å². The number of rotatable bonds is 4. The van der Waals surface area contributed by atoms with Gasteiger partial charge in [0, 0.05) is 25.7 Å². The van der Waals surface area contributed by atoms with Crippen LogP contribution in [-0.2, 0) is 16.0 Å². The Morgan fingerprint density at radius 2 is 1.95 bits per heavy atom. The van der Waals surface area contributed by atoms with E-state index in [1.807, 2.05) is 6.07 Å². The quantitative estimate of drug-likeness (QED) is 0.614. The van der Waals surface area contributed by atoms with Gasteiger partial charge in [0.25, 0.3) is 0 Å². The molecule has 0 amide bonds. The molecule has 0 N–H and O–H groups in total. The van der Waals surface area contributed by atoms with Crippen molar-refractivity contribution >= 4 is 5.97 Å². The van der Waals surface area contributed by atoms with Crippen molar-refractivity contribution in [3.05, 3.63) is 47.5 Å². The lowest BCUT2D eigenvalue weighted by molar-refractivity contribution is -0.134. The van der Waals surface area contributed by atoms with E-state index in [0.29, 0.717) is 0 Å². The van der Waals surface area contributed by atoms with Crippen LogP contribution in [0.25, 0.3) is 0 Å². The van der Waals surface area contributed by atoms with Crippen LogP contribution in [-0.4, -0.2) is 37.6 Å². The van der Waals surface area contributed by atoms with Crippen molar-refractivity contribution in [2.24, 2.45) is 0 Å². The number of nitrogens with zero attached hydrogens (tertiary/aromatic N) is 1. The molecule has 1 aliphatic rings. The lowest BCUT2D eigenvalue weighted by atomic mass is 10.0. The van der Waals surface area contributed by atoms with E-state index in [9.17, 15) is 4.79 Å². The summed E-state index contributed by atoms with van der Waals surface area (Å²) in [6, 6.07) is 10.6. The van der Waals surface area contributed by atoms with Gasteiger partial charge in [0.15, 0.2) is 0 Å². The van der Waals surface area contributed by atoms with E-state index in [4.69, 9.17) is 0 Å². The summed E-state index contributed by atoms with van der Waals surface area (Å²) >= 11 is 0. The van der Waals surface area contributed by atoms with Crippen LogP contribution in [0.15, 0.2) is 42.0 Å². The van der Waals surface area contributed by atoms with E-state index in [0.717, 1.165) is 38.9 Å². The number of likely N-dealkylation sites (tertiary alicyclic amines) is 1. The average Bonchev–Trinajstić information content (AvgIpc) is 2.47. The molecule has 1 fully saturated rings. The number of esters is 1. The summed E-state index contributed by atoms with van der Waals surface area (Å²) in [6.45, 7) is 3.17. The average molecular weight is 259 g/mol. The third-order valence-corrected chi connectivity index (χ3v) is 3.58. The summed E-state index contributed by atoms with van der Waals surface area (Å²) in [6.07, 6.45) is 4.69. The molecule has 0 saturated carbocycles. The lowest BCUT2D eigenvalue weighted by Gasteiger charge is -2.28. The number of hydrogen-bond acceptors (Lipinski definition) is 3. The molecule has 0 unspecified atom stereocenters. The molecular formula is C16H21NO2. The zero-order chi connectivity index (χ0) is 13.5. The third kappa shape index (κ3) is 4.52. The highest BCUT2D eigenvalue weighted by atomic mass is 16.5. The fourth-order valence-electron chi connectivity index (χ4n) is 2.37. The van der Waals surface area contributed by atoms with Gasteiger partial charge in [0.1, 0.15) is 0 Å². The number of piperidine rings is 1. The molecule has 3 nitrogen and oxygen atoms in total. The van der Waals surface area contributed by atoms with Gasteiger partial charge in [0.2, 0.25) is 0 Å². The molecule has 0 aliphatic carbocycles. The first-order valence-electron chi connectivity index (χ1n) is 6.81. The summed E-state index contributed by atoms with van der Waals surface area (Å²) < 4.78 is 4.66. The first-order chi connectivity index (χ1) is 9.28. The van der Waals surface area contributed by atoms with Gasteiger partial charge in [0.05, 0.1) is 7.11 Å². The van der Waals surface area contributed by atoms with Crippen LogP contribution >= 0.6 is 0 Å². The molecule has 0 atom stereocenters. The van der Waals surface area contributed by atoms with Crippen molar-refractivity contribution in [1.29, 1.82) is 0 Å². The van der Waals surface area contributed by atoms with E-state index in [2.05, 4.69) is 33.9 Å². The largest absolute Gasteiger partial charge is 0.466 e. The minimum absolute atomic E-state index is 0.229. The number of carbonyl (C=O) groups excluding carboxylic acids is 1. The fourth-order valence-corrected chi connectivity index (χ4v) is 2.37. The second-order valence-corrected chi connectivity index (χ2v) is 4.90. The maximum Gasteiger partial charge on any atom is 0.330 e. The summed E-state index contributed by atoms with van der Waals surface area (Å²) in [7, 11) is 1.42. The highest BCUT2D eigenvalue weighted by molar-refractivity contribution is 5.82. The maximum atomic E-state index is 11.2. The molecule has 1 saturated heterocycles. The molecule has 0 spiro atoms. The van der Waals surface area contributed by atoms with Crippen LogP contribution < -0.4 is 0 Å². The minimum Gasteiger partial charge on any atom is -0.466 e. The molecule has 1 aromatic carbocycles. The van der Waals surface area contributed by atoms with Crippen molar-refractivity contribution in [3.8, 4) is 0 Å². The maximum absolute atomic E-state index is 11.2. The van der Waals surface area contributed by atoms with Crippen molar-refractivity contribution in [1.82, 2.24) is 4.90 Å². The van der Waals surface area contributed by atoms with Crippen LogP contribution in [0, 0.1) is 0 Å². The highest BCUT2D eigenvalue weighted by Crippen LogP contribution is 2.16.